The van der Waals surface area contributed by atoms with E-state index >= 15 is 0 Å². The van der Waals surface area contributed by atoms with Crippen molar-refractivity contribution in [1.29, 1.82) is 0 Å². The zero-order valence-corrected chi connectivity index (χ0v) is 21.4. The minimum atomic E-state index is -0.152. The molecule has 0 saturated carbocycles. The first-order valence-electron chi connectivity index (χ1n) is 10.7. The number of thiazole rings is 1. The first kappa shape index (κ1) is 24.3. The van der Waals surface area contributed by atoms with Gasteiger partial charge in [-0.05, 0) is 44.0 Å². The Bertz CT molecular complexity index is 1270. The minimum Gasteiger partial charge on any atom is -0.485 e. The maximum Gasteiger partial charge on any atom is 0.236 e. The Balaban J connectivity index is 1.34. The third-order valence-electron chi connectivity index (χ3n) is 5.09. The van der Waals surface area contributed by atoms with E-state index in [0.29, 0.717) is 28.5 Å². The molecule has 1 amide bonds. The molecule has 2 aromatic heterocycles. The van der Waals surface area contributed by atoms with Gasteiger partial charge in [0.15, 0.2) is 16.1 Å². The fraction of sp³-hybridized carbons (Fsp3) is 0.250. The highest BCUT2D eigenvalue weighted by atomic mass is 35.5. The second-order valence-corrected chi connectivity index (χ2v) is 9.77. The lowest BCUT2D eigenvalue weighted by molar-refractivity contribution is -0.113. The molecule has 2 heterocycles. The Morgan fingerprint density at radius 1 is 1.15 bits per heavy atom. The molecule has 0 aliphatic carbocycles. The van der Waals surface area contributed by atoms with Crippen molar-refractivity contribution in [2.45, 2.75) is 39.1 Å². The number of para-hydroxylation sites is 1. The number of carbonyl (C=O) groups excluding carboxylic acids is 1. The zero-order chi connectivity index (χ0) is 24.1. The highest BCUT2D eigenvalue weighted by molar-refractivity contribution is 7.99. The van der Waals surface area contributed by atoms with Crippen LogP contribution in [0.3, 0.4) is 0 Å². The average molecular weight is 514 g/mol. The number of benzene rings is 2. The summed E-state index contributed by atoms with van der Waals surface area (Å²) in [6.45, 7) is 7.05. The smallest absolute Gasteiger partial charge is 0.236 e. The average Bonchev–Trinajstić information content (AvgIpc) is 3.44. The third-order valence-corrected chi connectivity index (χ3v) is 7.06. The molecule has 0 aliphatic heterocycles. The Hall–Kier alpha value is -2.88. The summed E-state index contributed by atoms with van der Waals surface area (Å²) in [4.78, 5) is 17.0. The number of halogens is 1. The van der Waals surface area contributed by atoms with E-state index in [4.69, 9.17) is 16.3 Å². The van der Waals surface area contributed by atoms with Gasteiger partial charge in [0.1, 0.15) is 12.4 Å². The third kappa shape index (κ3) is 5.78. The number of aryl methyl sites for hydroxylation is 2. The normalized spacial score (nSPS) is 10.9. The lowest BCUT2D eigenvalue weighted by Crippen LogP contribution is -2.14. The van der Waals surface area contributed by atoms with Crippen molar-refractivity contribution in [2.24, 2.45) is 0 Å². The molecule has 0 radical (unpaired) electrons. The van der Waals surface area contributed by atoms with E-state index in [-0.39, 0.29) is 11.7 Å². The number of hydrogen-bond acceptors (Lipinski definition) is 7. The molecule has 1 N–H and O–H groups in total. The van der Waals surface area contributed by atoms with Crippen LogP contribution in [0.15, 0.2) is 53.0 Å². The van der Waals surface area contributed by atoms with Crippen LogP contribution < -0.4 is 10.1 Å². The van der Waals surface area contributed by atoms with Gasteiger partial charge in [-0.3, -0.25) is 4.79 Å². The highest BCUT2D eigenvalue weighted by Crippen LogP contribution is 2.27. The zero-order valence-electron chi connectivity index (χ0n) is 19.0. The number of aromatic nitrogens is 4. The number of ether oxygens (including phenoxy) is 1. The van der Waals surface area contributed by atoms with E-state index in [9.17, 15) is 4.79 Å². The summed E-state index contributed by atoms with van der Waals surface area (Å²) in [7, 11) is 0. The Labute approximate surface area is 211 Å². The van der Waals surface area contributed by atoms with Gasteiger partial charge in [-0.15, -0.1) is 21.5 Å². The minimum absolute atomic E-state index is 0.152. The highest BCUT2D eigenvalue weighted by Gasteiger charge is 2.15. The number of hydrogen-bond donors (Lipinski definition) is 1. The van der Waals surface area contributed by atoms with Crippen LogP contribution in [0.5, 0.6) is 5.75 Å². The molecule has 4 rings (SSSR count). The van der Waals surface area contributed by atoms with E-state index in [1.54, 1.807) is 0 Å². The predicted octanol–water partition coefficient (Wildman–Crippen LogP) is 6.00. The maximum atomic E-state index is 12.5. The summed E-state index contributed by atoms with van der Waals surface area (Å²) >= 11 is 8.66. The lowest BCUT2D eigenvalue weighted by atomic mass is 10.1. The molecular formula is C24H24ClN5O2S2. The van der Waals surface area contributed by atoms with E-state index in [0.717, 1.165) is 34.0 Å². The number of anilines is 1. The largest absolute Gasteiger partial charge is 0.485 e. The SMILES string of the molecule is CCn1c(COc2c(C)cccc2C)nnc1SCC(=O)Nc1nc(-c2ccc(Cl)cc2)cs1. The quantitative estimate of drug-likeness (QED) is 0.276. The van der Waals surface area contributed by atoms with E-state index in [2.05, 4.69) is 20.5 Å². The van der Waals surface area contributed by atoms with Gasteiger partial charge in [0.25, 0.3) is 0 Å². The van der Waals surface area contributed by atoms with Crippen molar-refractivity contribution >= 4 is 45.7 Å². The number of nitrogens with one attached hydrogen (secondary N) is 1. The topological polar surface area (TPSA) is 81.9 Å². The first-order chi connectivity index (χ1) is 16.4. The van der Waals surface area contributed by atoms with Crippen LogP contribution in [-0.2, 0) is 17.9 Å². The standard InChI is InChI=1S/C24H24ClN5O2S2/c1-4-30-20(12-32-22-15(2)6-5-7-16(22)3)28-29-24(30)34-14-21(31)27-23-26-19(13-33-23)17-8-10-18(25)11-9-17/h5-11,13H,4,12,14H2,1-3H3,(H,26,27,31). The van der Waals surface area contributed by atoms with Gasteiger partial charge in [0.2, 0.25) is 5.91 Å². The van der Waals surface area contributed by atoms with E-state index in [1.165, 1.54) is 23.1 Å². The van der Waals surface area contributed by atoms with Crippen LogP contribution in [0.2, 0.25) is 5.02 Å². The fourth-order valence-electron chi connectivity index (χ4n) is 3.38. The van der Waals surface area contributed by atoms with Crippen molar-refractivity contribution in [3.63, 3.8) is 0 Å². The molecule has 0 unspecified atom stereocenters. The van der Waals surface area contributed by atoms with Gasteiger partial charge in [-0.2, -0.15) is 0 Å². The summed E-state index contributed by atoms with van der Waals surface area (Å²) in [6, 6.07) is 13.5. The molecule has 4 aromatic rings. The Morgan fingerprint density at radius 3 is 2.59 bits per heavy atom. The van der Waals surface area contributed by atoms with Crippen LogP contribution in [-0.4, -0.2) is 31.4 Å². The number of amides is 1. The van der Waals surface area contributed by atoms with Gasteiger partial charge in [-0.25, -0.2) is 4.98 Å². The number of carbonyl (C=O) groups is 1. The molecule has 10 heteroatoms. The van der Waals surface area contributed by atoms with E-state index < -0.39 is 0 Å². The van der Waals surface area contributed by atoms with Gasteiger partial charge < -0.3 is 14.6 Å². The molecule has 7 nitrogen and oxygen atoms in total. The summed E-state index contributed by atoms with van der Waals surface area (Å²) in [5, 5.41) is 15.2. The molecular weight excluding hydrogens is 490 g/mol. The Morgan fingerprint density at radius 2 is 1.88 bits per heavy atom. The van der Waals surface area contributed by atoms with Crippen molar-refractivity contribution < 1.29 is 9.53 Å². The molecule has 0 atom stereocenters. The van der Waals surface area contributed by atoms with Crippen LogP contribution in [0.25, 0.3) is 11.3 Å². The van der Waals surface area contributed by atoms with Crippen LogP contribution in [0, 0.1) is 13.8 Å². The molecule has 2 aromatic carbocycles. The molecule has 34 heavy (non-hydrogen) atoms. The first-order valence-corrected chi connectivity index (χ1v) is 12.9. The van der Waals surface area contributed by atoms with Crippen LogP contribution in [0.1, 0.15) is 23.9 Å². The number of rotatable bonds is 9. The van der Waals surface area contributed by atoms with Crippen LogP contribution in [0.4, 0.5) is 5.13 Å². The monoisotopic (exact) mass is 513 g/mol. The second-order valence-electron chi connectivity index (χ2n) is 7.53. The molecule has 0 aliphatic rings. The summed E-state index contributed by atoms with van der Waals surface area (Å²) in [5.41, 5.74) is 3.90. The maximum absolute atomic E-state index is 12.5. The molecule has 0 fully saturated rings. The summed E-state index contributed by atoms with van der Waals surface area (Å²) in [6.07, 6.45) is 0. The molecule has 0 bridgehead atoms. The predicted molar refractivity (Wildman–Crippen MR) is 138 cm³/mol. The number of nitrogens with zero attached hydrogens (tertiary/aromatic N) is 4. The lowest BCUT2D eigenvalue weighted by Gasteiger charge is -2.12. The summed E-state index contributed by atoms with van der Waals surface area (Å²) < 4.78 is 8.00. The Kier molecular flexibility index (Phi) is 7.87. The van der Waals surface area contributed by atoms with Crippen molar-refractivity contribution in [1.82, 2.24) is 19.7 Å². The van der Waals surface area contributed by atoms with Crippen molar-refractivity contribution in [3.05, 3.63) is 69.8 Å². The van der Waals surface area contributed by atoms with E-state index in [1.807, 2.05) is 73.2 Å². The van der Waals surface area contributed by atoms with Crippen molar-refractivity contribution in [2.75, 3.05) is 11.1 Å². The summed E-state index contributed by atoms with van der Waals surface area (Å²) in [5.74, 6) is 1.64. The molecule has 176 valence electrons. The van der Waals surface area contributed by atoms with Gasteiger partial charge in [0, 0.05) is 22.5 Å². The van der Waals surface area contributed by atoms with Gasteiger partial charge in [0.05, 0.1) is 11.4 Å². The molecule has 0 saturated heterocycles. The van der Waals surface area contributed by atoms with Gasteiger partial charge in [-0.1, -0.05) is 53.7 Å². The molecule has 0 spiro atoms. The van der Waals surface area contributed by atoms with Gasteiger partial charge >= 0.3 is 0 Å². The second kappa shape index (κ2) is 11.0. The fourth-order valence-corrected chi connectivity index (χ4v) is 5.07. The number of thioether (sulfide) groups is 1. The van der Waals surface area contributed by atoms with Crippen LogP contribution >= 0.6 is 34.7 Å². The van der Waals surface area contributed by atoms with Crippen molar-refractivity contribution in [3.8, 4) is 17.0 Å².